The molecule has 1 heterocycles. The van der Waals surface area contributed by atoms with Crippen molar-refractivity contribution in [1.29, 1.82) is 0 Å². The summed E-state index contributed by atoms with van der Waals surface area (Å²) in [7, 11) is 0. The summed E-state index contributed by atoms with van der Waals surface area (Å²) in [6.45, 7) is 1.23. The van der Waals surface area contributed by atoms with Gasteiger partial charge in [-0.1, -0.05) is 18.2 Å². The molecule has 2 N–H and O–H groups in total. The Morgan fingerprint density at radius 3 is 2.88 bits per heavy atom. The van der Waals surface area contributed by atoms with Gasteiger partial charge in [-0.25, -0.2) is 4.98 Å². The van der Waals surface area contributed by atoms with Crippen LogP contribution < -0.4 is 5.32 Å². The number of anilines is 1. The van der Waals surface area contributed by atoms with Crippen LogP contribution in [-0.4, -0.2) is 16.0 Å². The second kappa shape index (κ2) is 4.28. The van der Waals surface area contributed by atoms with Crippen LogP contribution in [0, 0.1) is 0 Å². The van der Waals surface area contributed by atoms with E-state index in [2.05, 4.69) is 10.3 Å². The Labute approximate surface area is 92.9 Å². The minimum absolute atomic E-state index is 0.174. The summed E-state index contributed by atoms with van der Waals surface area (Å²) in [6.07, 6.45) is 0. The Hall–Kier alpha value is -1.94. The quantitative estimate of drug-likeness (QED) is 0.802. The predicted octanol–water partition coefficient (Wildman–Crippen LogP) is 1.69. The Morgan fingerprint density at radius 2 is 2.19 bits per heavy atom. The van der Waals surface area contributed by atoms with Crippen LogP contribution in [0.3, 0.4) is 0 Å². The first kappa shape index (κ1) is 10.6. The van der Waals surface area contributed by atoms with Crippen molar-refractivity contribution in [1.82, 2.24) is 4.98 Å². The molecule has 4 heteroatoms. The van der Waals surface area contributed by atoms with E-state index in [1.54, 1.807) is 0 Å². The molecule has 2 aromatic rings. The van der Waals surface area contributed by atoms with E-state index in [1.165, 1.54) is 6.92 Å². The number of nitrogens with one attached hydrogen (secondary N) is 1. The van der Waals surface area contributed by atoms with E-state index in [1.807, 2.05) is 30.3 Å². The lowest BCUT2D eigenvalue weighted by atomic mass is 10.1. The van der Waals surface area contributed by atoms with Gasteiger partial charge in [0, 0.05) is 12.3 Å². The lowest BCUT2D eigenvalue weighted by molar-refractivity contribution is -0.114. The van der Waals surface area contributed by atoms with E-state index in [9.17, 15) is 9.90 Å². The Kier molecular flexibility index (Phi) is 2.83. The summed E-state index contributed by atoms with van der Waals surface area (Å²) in [5.41, 5.74) is 1.85. The van der Waals surface area contributed by atoms with Crippen LogP contribution in [0.4, 0.5) is 5.69 Å². The van der Waals surface area contributed by atoms with Crippen molar-refractivity contribution in [3.63, 3.8) is 0 Å². The molecule has 82 valence electrons. The minimum atomic E-state index is -0.194. The fourth-order valence-corrected chi connectivity index (χ4v) is 1.57. The van der Waals surface area contributed by atoms with E-state index in [0.717, 1.165) is 10.9 Å². The van der Waals surface area contributed by atoms with Gasteiger partial charge in [-0.2, -0.15) is 0 Å². The van der Waals surface area contributed by atoms with Gasteiger partial charge in [0.1, 0.15) is 0 Å². The smallest absolute Gasteiger partial charge is 0.221 e. The molecule has 0 unspecified atom stereocenters. The molecular formula is C12H12N2O2. The zero-order chi connectivity index (χ0) is 11.5. The summed E-state index contributed by atoms with van der Waals surface area (Å²) in [5, 5.41) is 12.8. The fraction of sp³-hybridized carbons (Fsp3) is 0.167. The molecule has 0 aliphatic rings. The average molecular weight is 216 g/mol. The van der Waals surface area contributed by atoms with E-state index in [-0.39, 0.29) is 12.5 Å². The molecular weight excluding hydrogens is 204 g/mol. The number of aliphatic hydroxyl groups is 1. The van der Waals surface area contributed by atoms with Crippen molar-refractivity contribution in [2.45, 2.75) is 13.5 Å². The standard InChI is InChI=1S/C12H12N2O2/c1-8(16)13-11-6-9-4-2-3-5-10(9)14-12(11)7-15/h2-6,15H,7H2,1H3,(H,13,16). The van der Waals surface area contributed by atoms with Gasteiger partial charge in [-0.15, -0.1) is 0 Å². The molecule has 0 aliphatic heterocycles. The van der Waals surface area contributed by atoms with Crippen molar-refractivity contribution >= 4 is 22.5 Å². The zero-order valence-corrected chi connectivity index (χ0v) is 8.90. The first-order chi connectivity index (χ1) is 7.70. The maximum atomic E-state index is 11.0. The number of hydrogen-bond acceptors (Lipinski definition) is 3. The highest BCUT2D eigenvalue weighted by Crippen LogP contribution is 2.20. The van der Waals surface area contributed by atoms with Crippen LogP contribution in [0.1, 0.15) is 12.6 Å². The monoisotopic (exact) mass is 216 g/mol. The average Bonchev–Trinajstić information content (AvgIpc) is 2.27. The van der Waals surface area contributed by atoms with Gasteiger partial charge in [0.15, 0.2) is 0 Å². The highest BCUT2D eigenvalue weighted by molar-refractivity contribution is 5.92. The first-order valence-corrected chi connectivity index (χ1v) is 4.98. The van der Waals surface area contributed by atoms with E-state index < -0.39 is 0 Å². The molecule has 4 nitrogen and oxygen atoms in total. The molecule has 0 bridgehead atoms. The SMILES string of the molecule is CC(=O)Nc1cc2ccccc2nc1CO. The molecule has 1 aromatic carbocycles. The Bertz CT molecular complexity index is 538. The van der Waals surface area contributed by atoms with E-state index in [0.29, 0.717) is 11.4 Å². The fourth-order valence-electron chi connectivity index (χ4n) is 1.57. The van der Waals surface area contributed by atoms with Crippen molar-refractivity contribution in [2.24, 2.45) is 0 Å². The van der Waals surface area contributed by atoms with Gasteiger partial charge in [0.05, 0.1) is 23.5 Å². The van der Waals surface area contributed by atoms with Gasteiger partial charge in [-0.3, -0.25) is 4.79 Å². The number of rotatable bonds is 2. The highest BCUT2D eigenvalue weighted by atomic mass is 16.3. The molecule has 2 rings (SSSR count). The van der Waals surface area contributed by atoms with Gasteiger partial charge >= 0.3 is 0 Å². The van der Waals surface area contributed by atoms with Gasteiger partial charge in [-0.05, 0) is 12.1 Å². The summed E-state index contributed by atoms with van der Waals surface area (Å²) in [5.74, 6) is -0.174. The third-order valence-electron chi connectivity index (χ3n) is 2.26. The van der Waals surface area contributed by atoms with Crippen LogP contribution in [0.5, 0.6) is 0 Å². The number of benzene rings is 1. The van der Waals surface area contributed by atoms with Crippen LogP contribution in [-0.2, 0) is 11.4 Å². The van der Waals surface area contributed by atoms with Crippen molar-refractivity contribution in [2.75, 3.05) is 5.32 Å². The molecule has 0 saturated carbocycles. The van der Waals surface area contributed by atoms with Crippen molar-refractivity contribution < 1.29 is 9.90 Å². The number of nitrogens with zero attached hydrogens (tertiary/aromatic N) is 1. The van der Waals surface area contributed by atoms with E-state index in [4.69, 9.17) is 0 Å². The summed E-state index contributed by atoms with van der Waals surface area (Å²) < 4.78 is 0. The Morgan fingerprint density at radius 1 is 1.44 bits per heavy atom. The third-order valence-corrected chi connectivity index (χ3v) is 2.26. The normalized spacial score (nSPS) is 10.4. The highest BCUT2D eigenvalue weighted by Gasteiger charge is 2.06. The summed E-state index contributed by atoms with van der Waals surface area (Å²) in [6, 6.07) is 9.38. The molecule has 1 aromatic heterocycles. The predicted molar refractivity (Wildman–Crippen MR) is 62.0 cm³/mol. The molecule has 0 radical (unpaired) electrons. The molecule has 0 aliphatic carbocycles. The number of fused-ring (bicyclic) bond motifs is 1. The van der Waals surface area contributed by atoms with Crippen LogP contribution in [0.2, 0.25) is 0 Å². The van der Waals surface area contributed by atoms with Crippen molar-refractivity contribution in [3.8, 4) is 0 Å². The maximum Gasteiger partial charge on any atom is 0.221 e. The number of para-hydroxylation sites is 1. The second-order valence-electron chi connectivity index (χ2n) is 3.51. The molecule has 0 saturated heterocycles. The lowest BCUT2D eigenvalue weighted by Gasteiger charge is -2.08. The number of amides is 1. The number of pyridine rings is 1. The van der Waals surface area contributed by atoms with Crippen molar-refractivity contribution in [3.05, 3.63) is 36.0 Å². The van der Waals surface area contributed by atoms with Crippen LogP contribution in [0.15, 0.2) is 30.3 Å². The zero-order valence-electron chi connectivity index (χ0n) is 8.90. The van der Waals surface area contributed by atoms with Gasteiger partial charge in [0.25, 0.3) is 0 Å². The molecule has 0 spiro atoms. The molecule has 0 atom stereocenters. The number of aliphatic hydroxyl groups excluding tert-OH is 1. The number of carbonyl (C=O) groups is 1. The molecule has 16 heavy (non-hydrogen) atoms. The minimum Gasteiger partial charge on any atom is -0.390 e. The second-order valence-corrected chi connectivity index (χ2v) is 3.51. The molecule has 1 amide bonds. The topological polar surface area (TPSA) is 62.2 Å². The van der Waals surface area contributed by atoms with Crippen LogP contribution >= 0.6 is 0 Å². The largest absolute Gasteiger partial charge is 0.390 e. The first-order valence-electron chi connectivity index (χ1n) is 4.98. The van der Waals surface area contributed by atoms with Crippen LogP contribution in [0.25, 0.3) is 10.9 Å². The lowest BCUT2D eigenvalue weighted by Crippen LogP contribution is -2.09. The van der Waals surface area contributed by atoms with Gasteiger partial charge in [0.2, 0.25) is 5.91 Å². The van der Waals surface area contributed by atoms with Gasteiger partial charge < -0.3 is 10.4 Å². The summed E-state index contributed by atoms with van der Waals surface area (Å²) >= 11 is 0. The third kappa shape index (κ3) is 2.01. The number of carbonyl (C=O) groups excluding carboxylic acids is 1. The summed E-state index contributed by atoms with van der Waals surface area (Å²) in [4.78, 5) is 15.3. The number of hydrogen-bond donors (Lipinski definition) is 2. The molecule has 0 fully saturated rings. The maximum absolute atomic E-state index is 11.0. The van der Waals surface area contributed by atoms with E-state index >= 15 is 0 Å². The number of aromatic nitrogens is 1. The Balaban J connectivity index is 2.58.